The van der Waals surface area contributed by atoms with Crippen molar-refractivity contribution in [3.63, 3.8) is 0 Å². The number of nitrogens with one attached hydrogen (secondary N) is 1. The van der Waals surface area contributed by atoms with Gasteiger partial charge in [0, 0.05) is 23.9 Å². The van der Waals surface area contributed by atoms with Gasteiger partial charge in [-0.3, -0.25) is 20.2 Å². The molecule has 0 atom stereocenters. The Morgan fingerprint density at radius 1 is 0.696 bits per heavy atom. The predicted molar refractivity (Wildman–Crippen MR) is 85.0 cm³/mol. The maximum atomic E-state index is 11.2. The van der Waals surface area contributed by atoms with Crippen LogP contribution in [0.4, 0.5) is 11.4 Å². The number of para-hydroxylation sites is 2. The molecule has 1 heterocycles. The minimum atomic E-state index is -0.473. The van der Waals surface area contributed by atoms with Crippen molar-refractivity contribution in [2.24, 2.45) is 0 Å². The Kier molecular flexibility index (Phi) is 3.60. The van der Waals surface area contributed by atoms with Crippen LogP contribution in [0.1, 0.15) is 0 Å². The summed E-state index contributed by atoms with van der Waals surface area (Å²) >= 11 is 0. The number of H-pyrrole nitrogens is 1. The highest BCUT2D eigenvalue weighted by Gasteiger charge is 2.22. The summed E-state index contributed by atoms with van der Waals surface area (Å²) in [6, 6.07) is 14.3. The Hall–Kier alpha value is -3.48. The molecule has 7 nitrogen and oxygen atoms in total. The van der Waals surface area contributed by atoms with Crippen molar-refractivity contribution in [3.05, 3.63) is 81.0 Å². The molecule has 1 aromatic heterocycles. The van der Waals surface area contributed by atoms with Crippen LogP contribution >= 0.6 is 0 Å². The number of aromatic amines is 1. The lowest BCUT2D eigenvalue weighted by Gasteiger charge is -2.06. The minimum absolute atomic E-state index is 0.0491. The highest BCUT2D eigenvalue weighted by atomic mass is 16.6. The molecule has 3 aromatic rings. The topological polar surface area (TPSA) is 102 Å². The highest BCUT2D eigenvalue weighted by molar-refractivity contribution is 5.88. The summed E-state index contributed by atoms with van der Waals surface area (Å²) in [5.41, 5.74) is 1.71. The molecule has 0 radical (unpaired) electrons. The maximum Gasteiger partial charge on any atom is 0.278 e. The summed E-state index contributed by atoms with van der Waals surface area (Å²) in [5.74, 6) is 0. The van der Waals surface area contributed by atoms with Crippen molar-refractivity contribution in [3.8, 4) is 22.4 Å². The van der Waals surface area contributed by atoms with Gasteiger partial charge in [0.1, 0.15) is 0 Å². The number of aromatic nitrogens is 1. The van der Waals surface area contributed by atoms with E-state index in [0.717, 1.165) is 0 Å². The van der Waals surface area contributed by atoms with Crippen LogP contribution in [0.3, 0.4) is 0 Å². The third kappa shape index (κ3) is 2.55. The van der Waals surface area contributed by atoms with Crippen LogP contribution in [0.5, 0.6) is 0 Å². The Labute approximate surface area is 130 Å². The molecule has 7 heteroatoms. The summed E-state index contributed by atoms with van der Waals surface area (Å²) in [7, 11) is 0. The zero-order valence-corrected chi connectivity index (χ0v) is 11.8. The van der Waals surface area contributed by atoms with Crippen LogP contribution in [0.25, 0.3) is 22.4 Å². The molecule has 0 saturated carbocycles. The van der Waals surface area contributed by atoms with Crippen molar-refractivity contribution in [1.82, 2.24) is 4.98 Å². The van der Waals surface area contributed by atoms with Crippen LogP contribution in [0.15, 0.2) is 60.8 Å². The standard InChI is InChI=1S/C16H11N3O4/c20-18(21)14-7-3-1-5-11(14)12-9-10-17-16(12)13-6-2-4-8-15(13)19(22)23/h1-10,17H. The van der Waals surface area contributed by atoms with Gasteiger partial charge in [-0.05, 0) is 18.2 Å². The molecular weight excluding hydrogens is 298 g/mol. The summed E-state index contributed by atoms with van der Waals surface area (Å²) < 4.78 is 0. The molecule has 0 fully saturated rings. The van der Waals surface area contributed by atoms with Gasteiger partial charge in [0.15, 0.2) is 0 Å². The van der Waals surface area contributed by atoms with Gasteiger partial charge in [-0.25, -0.2) is 0 Å². The van der Waals surface area contributed by atoms with Gasteiger partial charge in [-0.15, -0.1) is 0 Å². The van der Waals surface area contributed by atoms with Gasteiger partial charge in [-0.1, -0.05) is 24.3 Å². The average molecular weight is 309 g/mol. The lowest BCUT2D eigenvalue weighted by molar-refractivity contribution is -0.384. The largest absolute Gasteiger partial charge is 0.360 e. The Bertz CT molecular complexity index is 830. The van der Waals surface area contributed by atoms with Gasteiger partial charge >= 0.3 is 0 Å². The number of hydrogen-bond donors (Lipinski definition) is 1. The molecule has 0 aliphatic heterocycles. The van der Waals surface area contributed by atoms with Crippen molar-refractivity contribution in [1.29, 1.82) is 0 Å². The van der Waals surface area contributed by atoms with Crippen molar-refractivity contribution >= 4 is 11.4 Å². The first-order valence-electron chi connectivity index (χ1n) is 6.74. The van der Waals surface area contributed by atoms with E-state index in [0.29, 0.717) is 22.4 Å². The van der Waals surface area contributed by atoms with Gasteiger partial charge in [-0.2, -0.15) is 0 Å². The maximum absolute atomic E-state index is 11.2. The van der Waals surface area contributed by atoms with Crippen LogP contribution in [-0.2, 0) is 0 Å². The van der Waals surface area contributed by atoms with Crippen molar-refractivity contribution < 1.29 is 9.85 Å². The predicted octanol–water partition coefficient (Wildman–Crippen LogP) is 4.17. The third-order valence-corrected chi connectivity index (χ3v) is 3.51. The fraction of sp³-hybridized carbons (Fsp3) is 0. The molecule has 0 unspecified atom stereocenters. The summed E-state index contributed by atoms with van der Waals surface area (Å²) in [6.45, 7) is 0. The number of benzene rings is 2. The summed E-state index contributed by atoms with van der Waals surface area (Å²) in [6.07, 6.45) is 1.61. The van der Waals surface area contributed by atoms with E-state index in [9.17, 15) is 20.2 Å². The Morgan fingerprint density at radius 2 is 1.22 bits per heavy atom. The van der Waals surface area contributed by atoms with Crippen LogP contribution in [0, 0.1) is 20.2 Å². The fourth-order valence-corrected chi connectivity index (χ4v) is 2.52. The second-order valence-corrected chi connectivity index (χ2v) is 4.81. The number of nitrogens with zero attached hydrogens (tertiary/aromatic N) is 2. The first-order chi connectivity index (χ1) is 11.1. The molecule has 0 aliphatic carbocycles. The minimum Gasteiger partial charge on any atom is -0.360 e. The van der Waals surface area contributed by atoms with E-state index in [1.807, 2.05) is 0 Å². The lowest BCUT2D eigenvalue weighted by atomic mass is 9.99. The van der Waals surface area contributed by atoms with Gasteiger partial charge < -0.3 is 4.98 Å². The van der Waals surface area contributed by atoms with E-state index in [2.05, 4.69) is 4.98 Å². The molecule has 0 bridgehead atoms. The molecule has 1 N–H and O–H groups in total. The van der Waals surface area contributed by atoms with Crippen LogP contribution in [-0.4, -0.2) is 14.8 Å². The second-order valence-electron chi connectivity index (χ2n) is 4.81. The molecule has 0 saturated heterocycles. The van der Waals surface area contributed by atoms with Crippen molar-refractivity contribution in [2.75, 3.05) is 0 Å². The van der Waals surface area contributed by atoms with E-state index in [1.54, 1.807) is 48.7 Å². The lowest BCUT2D eigenvalue weighted by Crippen LogP contribution is -1.94. The smallest absolute Gasteiger partial charge is 0.278 e. The normalized spacial score (nSPS) is 10.4. The average Bonchev–Trinajstić information content (AvgIpc) is 3.04. The fourth-order valence-electron chi connectivity index (χ4n) is 2.52. The number of hydrogen-bond acceptors (Lipinski definition) is 4. The van der Waals surface area contributed by atoms with Gasteiger partial charge in [0.2, 0.25) is 0 Å². The van der Waals surface area contributed by atoms with Crippen LogP contribution in [0.2, 0.25) is 0 Å². The third-order valence-electron chi connectivity index (χ3n) is 3.51. The molecule has 0 amide bonds. The summed E-state index contributed by atoms with van der Waals surface area (Å²) in [5, 5.41) is 22.5. The zero-order valence-electron chi connectivity index (χ0n) is 11.8. The quantitative estimate of drug-likeness (QED) is 0.577. The molecule has 0 aliphatic rings. The van der Waals surface area contributed by atoms with E-state index in [-0.39, 0.29) is 11.4 Å². The molecule has 2 aromatic carbocycles. The Balaban J connectivity index is 2.23. The van der Waals surface area contributed by atoms with E-state index < -0.39 is 9.85 Å². The molecule has 114 valence electrons. The molecule has 3 rings (SSSR count). The van der Waals surface area contributed by atoms with Crippen molar-refractivity contribution in [2.45, 2.75) is 0 Å². The van der Waals surface area contributed by atoms with E-state index in [4.69, 9.17) is 0 Å². The van der Waals surface area contributed by atoms with Gasteiger partial charge in [0.05, 0.1) is 26.7 Å². The monoisotopic (exact) mass is 309 g/mol. The highest BCUT2D eigenvalue weighted by Crippen LogP contribution is 2.39. The SMILES string of the molecule is O=[N+]([O-])c1ccccc1-c1cc[nH]c1-c1ccccc1[N+](=O)[O-]. The number of rotatable bonds is 4. The molecular formula is C16H11N3O4. The summed E-state index contributed by atoms with van der Waals surface area (Å²) in [4.78, 5) is 24.5. The molecule has 0 spiro atoms. The van der Waals surface area contributed by atoms with E-state index in [1.165, 1.54) is 12.1 Å². The first-order valence-corrected chi connectivity index (χ1v) is 6.74. The van der Waals surface area contributed by atoms with Crippen LogP contribution < -0.4 is 0 Å². The molecule has 23 heavy (non-hydrogen) atoms. The Morgan fingerprint density at radius 3 is 1.83 bits per heavy atom. The number of nitro groups is 2. The second kappa shape index (κ2) is 5.72. The number of nitro benzene ring substituents is 2. The van der Waals surface area contributed by atoms with Gasteiger partial charge in [0.25, 0.3) is 11.4 Å². The van der Waals surface area contributed by atoms with E-state index >= 15 is 0 Å². The first kappa shape index (κ1) is 14.5. The zero-order chi connectivity index (χ0) is 16.4.